The van der Waals surface area contributed by atoms with Crippen molar-refractivity contribution in [3.05, 3.63) is 29.6 Å². The molecule has 0 aliphatic rings. The highest BCUT2D eigenvalue weighted by Crippen LogP contribution is 2.23. The molecule has 3 heteroatoms. The Morgan fingerprint density at radius 1 is 1.40 bits per heavy atom. The van der Waals surface area contributed by atoms with Crippen LogP contribution >= 0.6 is 0 Å². The number of rotatable bonds is 4. The van der Waals surface area contributed by atoms with Crippen molar-refractivity contribution in [1.29, 1.82) is 0 Å². The van der Waals surface area contributed by atoms with Gasteiger partial charge in [-0.05, 0) is 38.0 Å². The van der Waals surface area contributed by atoms with Gasteiger partial charge in [0, 0.05) is 0 Å². The molecule has 1 rings (SSSR count). The molecule has 0 aromatic heterocycles. The van der Waals surface area contributed by atoms with Crippen LogP contribution in [0.1, 0.15) is 38.9 Å². The lowest BCUT2D eigenvalue weighted by Gasteiger charge is -2.14. The van der Waals surface area contributed by atoms with E-state index in [1.165, 1.54) is 6.07 Å². The molecule has 0 saturated carbocycles. The predicted molar refractivity (Wildman–Crippen MR) is 57.4 cm³/mol. The van der Waals surface area contributed by atoms with Gasteiger partial charge in [-0.2, -0.15) is 0 Å². The van der Waals surface area contributed by atoms with Crippen LogP contribution in [0.5, 0.6) is 5.75 Å². The maximum atomic E-state index is 13.5. The van der Waals surface area contributed by atoms with Crippen molar-refractivity contribution in [2.45, 2.75) is 39.4 Å². The van der Waals surface area contributed by atoms with Crippen molar-refractivity contribution in [2.75, 3.05) is 0 Å². The van der Waals surface area contributed by atoms with Gasteiger partial charge in [0.15, 0.2) is 11.6 Å². The summed E-state index contributed by atoms with van der Waals surface area (Å²) in [6, 6.07) is 4.54. The van der Waals surface area contributed by atoms with Crippen LogP contribution in [0, 0.1) is 5.82 Å². The van der Waals surface area contributed by atoms with Gasteiger partial charge < -0.3 is 9.84 Å². The second kappa shape index (κ2) is 5.12. The summed E-state index contributed by atoms with van der Waals surface area (Å²) in [6.07, 6.45) is 0.173. The second-order valence-electron chi connectivity index (χ2n) is 3.70. The second-order valence-corrected chi connectivity index (χ2v) is 3.70. The Morgan fingerprint density at radius 3 is 2.53 bits per heavy atom. The highest BCUT2D eigenvalue weighted by molar-refractivity contribution is 5.30. The minimum atomic E-state index is -0.655. The van der Waals surface area contributed by atoms with E-state index in [9.17, 15) is 9.50 Å². The van der Waals surface area contributed by atoms with Gasteiger partial charge in [0.05, 0.1) is 12.2 Å². The molecule has 0 aliphatic heterocycles. The molecule has 0 fully saturated rings. The van der Waals surface area contributed by atoms with E-state index in [2.05, 4.69) is 0 Å². The van der Waals surface area contributed by atoms with E-state index in [-0.39, 0.29) is 11.9 Å². The standard InChI is InChI=1S/C12H17FO2/c1-4-8(2)15-12-6-5-10(9(3)14)7-11(12)13/h5-9,14H,4H2,1-3H3. The van der Waals surface area contributed by atoms with Crippen LogP contribution in [0.15, 0.2) is 18.2 Å². The summed E-state index contributed by atoms with van der Waals surface area (Å²) in [5.74, 6) is -0.178. The summed E-state index contributed by atoms with van der Waals surface area (Å²) in [7, 11) is 0. The molecule has 2 nitrogen and oxygen atoms in total. The van der Waals surface area contributed by atoms with E-state index in [0.717, 1.165) is 6.42 Å². The van der Waals surface area contributed by atoms with E-state index in [4.69, 9.17) is 4.74 Å². The lowest BCUT2D eigenvalue weighted by Crippen LogP contribution is -2.11. The molecule has 0 heterocycles. The predicted octanol–water partition coefficient (Wildman–Crippen LogP) is 3.06. The van der Waals surface area contributed by atoms with Gasteiger partial charge in [0.1, 0.15) is 0 Å². The highest BCUT2D eigenvalue weighted by atomic mass is 19.1. The average molecular weight is 212 g/mol. The Morgan fingerprint density at radius 2 is 2.07 bits per heavy atom. The normalized spacial score (nSPS) is 14.7. The number of ether oxygens (including phenoxy) is 1. The first kappa shape index (κ1) is 12.0. The molecule has 1 N–H and O–H groups in total. The molecule has 2 unspecified atom stereocenters. The van der Waals surface area contributed by atoms with E-state index < -0.39 is 11.9 Å². The van der Waals surface area contributed by atoms with E-state index in [1.807, 2.05) is 13.8 Å². The maximum absolute atomic E-state index is 13.5. The molecular weight excluding hydrogens is 195 g/mol. The molecule has 2 atom stereocenters. The molecule has 1 aromatic rings. The molecular formula is C12H17FO2. The summed E-state index contributed by atoms with van der Waals surface area (Å²) >= 11 is 0. The summed E-state index contributed by atoms with van der Waals surface area (Å²) in [6.45, 7) is 5.47. The van der Waals surface area contributed by atoms with Gasteiger partial charge in [0.2, 0.25) is 0 Å². The summed E-state index contributed by atoms with van der Waals surface area (Å²) < 4.78 is 18.8. The Balaban J connectivity index is 2.83. The number of hydrogen-bond donors (Lipinski definition) is 1. The zero-order chi connectivity index (χ0) is 11.4. The van der Waals surface area contributed by atoms with Gasteiger partial charge in [0.25, 0.3) is 0 Å². The fraction of sp³-hybridized carbons (Fsp3) is 0.500. The zero-order valence-electron chi connectivity index (χ0n) is 9.33. The third-order valence-electron chi connectivity index (χ3n) is 2.34. The number of aliphatic hydroxyl groups is 1. The molecule has 1 aromatic carbocycles. The Kier molecular flexibility index (Phi) is 4.09. The third kappa shape index (κ3) is 3.20. The van der Waals surface area contributed by atoms with Gasteiger partial charge in [-0.3, -0.25) is 0 Å². The topological polar surface area (TPSA) is 29.5 Å². The summed E-state index contributed by atoms with van der Waals surface area (Å²) in [4.78, 5) is 0. The zero-order valence-corrected chi connectivity index (χ0v) is 9.33. The van der Waals surface area contributed by atoms with E-state index >= 15 is 0 Å². The SMILES string of the molecule is CCC(C)Oc1ccc(C(C)O)cc1F. The fourth-order valence-electron chi connectivity index (χ4n) is 1.17. The van der Waals surface area contributed by atoms with Gasteiger partial charge in [-0.1, -0.05) is 13.0 Å². The van der Waals surface area contributed by atoms with Crippen molar-refractivity contribution < 1.29 is 14.2 Å². The first-order valence-electron chi connectivity index (χ1n) is 5.18. The number of halogens is 1. The van der Waals surface area contributed by atoms with Crippen molar-refractivity contribution in [3.63, 3.8) is 0 Å². The van der Waals surface area contributed by atoms with Crippen LogP contribution in [0.3, 0.4) is 0 Å². The molecule has 15 heavy (non-hydrogen) atoms. The Hall–Kier alpha value is -1.09. The first-order valence-corrected chi connectivity index (χ1v) is 5.18. The smallest absolute Gasteiger partial charge is 0.165 e. The number of hydrogen-bond acceptors (Lipinski definition) is 2. The molecule has 0 amide bonds. The Labute approximate surface area is 89.7 Å². The van der Waals surface area contributed by atoms with E-state index in [1.54, 1.807) is 19.1 Å². The van der Waals surface area contributed by atoms with Crippen LogP contribution < -0.4 is 4.74 Å². The van der Waals surface area contributed by atoms with Crippen LogP contribution in [0.25, 0.3) is 0 Å². The lowest BCUT2D eigenvalue weighted by atomic mass is 10.1. The summed E-state index contributed by atoms with van der Waals surface area (Å²) in [5.41, 5.74) is 0.559. The number of benzene rings is 1. The van der Waals surface area contributed by atoms with Crippen molar-refractivity contribution in [2.24, 2.45) is 0 Å². The van der Waals surface area contributed by atoms with E-state index in [0.29, 0.717) is 5.56 Å². The maximum Gasteiger partial charge on any atom is 0.165 e. The molecule has 84 valence electrons. The lowest BCUT2D eigenvalue weighted by molar-refractivity contribution is 0.195. The van der Waals surface area contributed by atoms with Gasteiger partial charge in [-0.15, -0.1) is 0 Å². The van der Waals surface area contributed by atoms with Crippen molar-refractivity contribution >= 4 is 0 Å². The molecule has 0 radical (unpaired) electrons. The Bertz CT molecular complexity index is 323. The minimum Gasteiger partial charge on any atom is -0.488 e. The van der Waals surface area contributed by atoms with Gasteiger partial charge in [-0.25, -0.2) is 4.39 Å². The van der Waals surface area contributed by atoms with Crippen molar-refractivity contribution in [3.8, 4) is 5.75 Å². The quantitative estimate of drug-likeness (QED) is 0.831. The van der Waals surface area contributed by atoms with Gasteiger partial charge >= 0.3 is 0 Å². The van der Waals surface area contributed by atoms with Crippen LogP contribution in [0.4, 0.5) is 4.39 Å². The highest BCUT2D eigenvalue weighted by Gasteiger charge is 2.09. The number of aliphatic hydroxyl groups excluding tert-OH is 1. The summed E-state index contributed by atoms with van der Waals surface area (Å²) in [5, 5.41) is 9.26. The average Bonchev–Trinajstić information content (AvgIpc) is 2.20. The fourth-order valence-corrected chi connectivity index (χ4v) is 1.17. The van der Waals surface area contributed by atoms with Crippen LogP contribution in [0.2, 0.25) is 0 Å². The largest absolute Gasteiger partial charge is 0.488 e. The molecule has 0 aliphatic carbocycles. The molecule has 0 saturated heterocycles. The monoisotopic (exact) mass is 212 g/mol. The first-order chi connectivity index (χ1) is 7.04. The van der Waals surface area contributed by atoms with Crippen LogP contribution in [-0.4, -0.2) is 11.2 Å². The van der Waals surface area contributed by atoms with Crippen LogP contribution in [-0.2, 0) is 0 Å². The molecule has 0 bridgehead atoms. The third-order valence-corrected chi connectivity index (χ3v) is 2.34. The van der Waals surface area contributed by atoms with Crippen molar-refractivity contribution in [1.82, 2.24) is 0 Å². The molecule has 0 spiro atoms. The minimum absolute atomic E-state index is 0.00287.